The van der Waals surface area contributed by atoms with E-state index in [-0.39, 0.29) is 6.61 Å². The molecule has 1 atom stereocenters. The number of rotatable bonds is 3. The standard InChI is InChI=1S/C10H19NO2S2/c12-7-9(13)8-15-10(14)11-5-3-1-2-4-6-11/h9,12-13H,1-8H2. The van der Waals surface area contributed by atoms with E-state index >= 15 is 0 Å². The first-order chi connectivity index (χ1) is 7.24. The molecule has 1 aliphatic rings. The fraction of sp³-hybridized carbons (Fsp3) is 0.900. The summed E-state index contributed by atoms with van der Waals surface area (Å²) in [4.78, 5) is 2.22. The van der Waals surface area contributed by atoms with Crippen LogP contribution in [0.1, 0.15) is 25.7 Å². The lowest BCUT2D eigenvalue weighted by Gasteiger charge is -2.22. The number of thioether (sulfide) groups is 1. The molecule has 0 spiro atoms. The summed E-state index contributed by atoms with van der Waals surface area (Å²) in [5.74, 6) is 0.492. The van der Waals surface area contributed by atoms with Crippen LogP contribution in [0.15, 0.2) is 0 Å². The van der Waals surface area contributed by atoms with E-state index in [1.807, 2.05) is 0 Å². The smallest absolute Gasteiger partial charge is 0.136 e. The van der Waals surface area contributed by atoms with Crippen LogP contribution in [-0.4, -0.2) is 51.0 Å². The predicted octanol–water partition coefficient (Wildman–Crippen LogP) is 1.23. The molecule has 2 N–H and O–H groups in total. The van der Waals surface area contributed by atoms with Gasteiger partial charge >= 0.3 is 0 Å². The number of thiocarbonyl (C=S) groups is 1. The Hall–Kier alpha value is 0.160. The van der Waals surface area contributed by atoms with Crippen molar-refractivity contribution < 1.29 is 10.2 Å². The number of aliphatic hydroxyl groups excluding tert-OH is 2. The zero-order valence-electron chi connectivity index (χ0n) is 8.89. The lowest BCUT2D eigenvalue weighted by atomic mass is 10.2. The Morgan fingerprint density at radius 2 is 1.87 bits per heavy atom. The molecule has 15 heavy (non-hydrogen) atoms. The molecule has 1 unspecified atom stereocenters. The third-order valence-corrected chi connectivity index (χ3v) is 4.14. The maximum Gasteiger partial charge on any atom is 0.136 e. The van der Waals surface area contributed by atoms with Gasteiger partial charge in [-0.1, -0.05) is 36.8 Å². The van der Waals surface area contributed by atoms with Crippen molar-refractivity contribution >= 4 is 28.3 Å². The van der Waals surface area contributed by atoms with Crippen molar-refractivity contribution in [2.24, 2.45) is 0 Å². The summed E-state index contributed by atoms with van der Waals surface area (Å²) in [6.45, 7) is 1.90. The van der Waals surface area contributed by atoms with E-state index in [4.69, 9.17) is 17.3 Å². The minimum atomic E-state index is -0.653. The van der Waals surface area contributed by atoms with E-state index in [2.05, 4.69) is 4.90 Å². The monoisotopic (exact) mass is 249 g/mol. The quantitative estimate of drug-likeness (QED) is 0.737. The van der Waals surface area contributed by atoms with Gasteiger partial charge in [-0.3, -0.25) is 0 Å². The zero-order valence-corrected chi connectivity index (χ0v) is 10.5. The summed E-state index contributed by atoms with van der Waals surface area (Å²) < 4.78 is 0.865. The minimum absolute atomic E-state index is 0.185. The molecule has 0 saturated carbocycles. The predicted molar refractivity (Wildman–Crippen MR) is 68.2 cm³/mol. The second kappa shape index (κ2) is 7.44. The highest BCUT2D eigenvalue weighted by molar-refractivity contribution is 8.22. The Bertz CT molecular complexity index is 194. The number of hydrogen-bond acceptors (Lipinski definition) is 4. The lowest BCUT2D eigenvalue weighted by Crippen LogP contribution is -2.29. The third kappa shape index (κ3) is 5.15. The minimum Gasteiger partial charge on any atom is -0.394 e. The molecule has 0 aromatic rings. The first kappa shape index (κ1) is 13.2. The van der Waals surface area contributed by atoms with Crippen LogP contribution in [0.5, 0.6) is 0 Å². The topological polar surface area (TPSA) is 43.7 Å². The SMILES string of the molecule is OCC(O)CSC(=S)N1CCCCCC1. The van der Waals surface area contributed by atoms with Crippen molar-refractivity contribution in [2.75, 3.05) is 25.4 Å². The van der Waals surface area contributed by atoms with E-state index in [9.17, 15) is 5.11 Å². The normalized spacial score (nSPS) is 19.7. The van der Waals surface area contributed by atoms with Gasteiger partial charge in [0, 0.05) is 18.8 Å². The lowest BCUT2D eigenvalue weighted by molar-refractivity contribution is 0.114. The van der Waals surface area contributed by atoms with Gasteiger partial charge in [-0.05, 0) is 12.8 Å². The zero-order chi connectivity index (χ0) is 11.1. The number of likely N-dealkylation sites (tertiary alicyclic amines) is 1. The molecule has 0 radical (unpaired) electrons. The van der Waals surface area contributed by atoms with Gasteiger partial charge in [0.1, 0.15) is 4.32 Å². The Balaban J connectivity index is 2.25. The average Bonchev–Trinajstić information content (AvgIpc) is 2.53. The highest BCUT2D eigenvalue weighted by atomic mass is 32.2. The van der Waals surface area contributed by atoms with Gasteiger partial charge in [0.15, 0.2) is 0 Å². The molecule has 1 fully saturated rings. The molecule has 0 aromatic heterocycles. The molecule has 0 aliphatic carbocycles. The van der Waals surface area contributed by atoms with E-state index in [0.29, 0.717) is 5.75 Å². The maximum absolute atomic E-state index is 9.21. The Morgan fingerprint density at radius 3 is 2.40 bits per heavy atom. The second-order valence-corrected chi connectivity index (χ2v) is 5.47. The van der Waals surface area contributed by atoms with E-state index in [1.165, 1.54) is 37.4 Å². The molecule has 1 heterocycles. The summed E-state index contributed by atoms with van der Waals surface area (Å²) in [7, 11) is 0. The van der Waals surface area contributed by atoms with Gasteiger partial charge in [0.05, 0.1) is 12.7 Å². The molecule has 1 saturated heterocycles. The van der Waals surface area contributed by atoms with Gasteiger partial charge in [-0.15, -0.1) is 0 Å². The van der Waals surface area contributed by atoms with Crippen LogP contribution in [0.3, 0.4) is 0 Å². The van der Waals surface area contributed by atoms with Crippen LogP contribution in [0, 0.1) is 0 Å². The van der Waals surface area contributed by atoms with Crippen LogP contribution < -0.4 is 0 Å². The molecule has 5 heteroatoms. The van der Waals surface area contributed by atoms with E-state index < -0.39 is 6.10 Å². The van der Waals surface area contributed by atoms with Gasteiger partial charge in [0.25, 0.3) is 0 Å². The molecule has 0 bridgehead atoms. The first-order valence-corrected chi connectivity index (χ1v) is 6.84. The maximum atomic E-state index is 9.21. The molecule has 0 amide bonds. The summed E-state index contributed by atoms with van der Waals surface area (Å²) in [6.07, 6.45) is 4.36. The molecule has 1 aliphatic heterocycles. The Morgan fingerprint density at radius 1 is 1.27 bits per heavy atom. The van der Waals surface area contributed by atoms with Crippen LogP contribution in [0.4, 0.5) is 0 Å². The van der Waals surface area contributed by atoms with Crippen molar-refractivity contribution in [2.45, 2.75) is 31.8 Å². The third-order valence-electron chi connectivity index (χ3n) is 2.47. The van der Waals surface area contributed by atoms with Crippen LogP contribution >= 0.6 is 24.0 Å². The van der Waals surface area contributed by atoms with Gasteiger partial charge in [0.2, 0.25) is 0 Å². The summed E-state index contributed by atoms with van der Waals surface area (Å²) in [5, 5.41) is 17.9. The Kier molecular flexibility index (Phi) is 6.56. The first-order valence-electron chi connectivity index (χ1n) is 5.44. The van der Waals surface area contributed by atoms with Crippen molar-refractivity contribution in [3.05, 3.63) is 0 Å². The highest BCUT2D eigenvalue weighted by Crippen LogP contribution is 2.16. The van der Waals surface area contributed by atoms with E-state index in [1.54, 1.807) is 0 Å². The number of aliphatic hydroxyl groups is 2. The van der Waals surface area contributed by atoms with Crippen molar-refractivity contribution in [1.29, 1.82) is 0 Å². The van der Waals surface area contributed by atoms with E-state index in [0.717, 1.165) is 17.4 Å². The molecule has 88 valence electrons. The summed E-state index contributed by atoms with van der Waals surface area (Å²) in [6, 6.07) is 0. The van der Waals surface area contributed by atoms with Crippen molar-refractivity contribution in [3.63, 3.8) is 0 Å². The van der Waals surface area contributed by atoms with Crippen molar-refractivity contribution in [3.8, 4) is 0 Å². The summed E-state index contributed by atoms with van der Waals surface area (Å²) in [5.41, 5.74) is 0. The number of nitrogens with zero attached hydrogens (tertiary/aromatic N) is 1. The molecule has 1 rings (SSSR count). The highest BCUT2D eigenvalue weighted by Gasteiger charge is 2.13. The molecule has 0 aromatic carbocycles. The fourth-order valence-electron chi connectivity index (χ4n) is 1.56. The van der Waals surface area contributed by atoms with Gasteiger partial charge in [-0.2, -0.15) is 0 Å². The molecular formula is C10H19NO2S2. The fourth-order valence-corrected chi connectivity index (χ4v) is 2.76. The summed E-state index contributed by atoms with van der Waals surface area (Å²) >= 11 is 6.77. The largest absolute Gasteiger partial charge is 0.394 e. The van der Waals surface area contributed by atoms with Gasteiger partial charge < -0.3 is 15.1 Å². The van der Waals surface area contributed by atoms with Gasteiger partial charge in [-0.25, -0.2) is 0 Å². The molecule has 3 nitrogen and oxygen atoms in total. The second-order valence-electron chi connectivity index (χ2n) is 3.81. The Labute approximate surface area is 101 Å². The van der Waals surface area contributed by atoms with Crippen LogP contribution in [0.2, 0.25) is 0 Å². The van der Waals surface area contributed by atoms with Crippen molar-refractivity contribution in [1.82, 2.24) is 4.90 Å². The van der Waals surface area contributed by atoms with Crippen LogP contribution in [0.25, 0.3) is 0 Å². The molecular weight excluding hydrogens is 230 g/mol. The average molecular weight is 249 g/mol. The van der Waals surface area contributed by atoms with Crippen LogP contribution in [-0.2, 0) is 0 Å². The number of hydrogen-bond donors (Lipinski definition) is 2.